The Morgan fingerprint density at radius 1 is 0.236 bits per heavy atom. The van der Waals surface area contributed by atoms with Crippen molar-refractivity contribution in [3.05, 3.63) is 200 Å². The van der Waals surface area contributed by atoms with Crippen molar-refractivity contribution in [2.45, 2.75) is 0 Å². The van der Waals surface area contributed by atoms with Gasteiger partial charge in [0.1, 0.15) is 0 Å². The van der Waals surface area contributed by atoms with Gasteiger partial charge in [-0.3, -0.25) is 0 Å². The molecule has 0 heterocycles. The minimum Gasteiger partial charge on any atom is -0.399 e. The van der Waals surface area contributed by atoms with Crippen LogP contribution in [0.25, 0.3) is 110 Å². The van der Waals surface area contributed by atoms with Crippen LogP contribution in [-0.4, -0.2) is 0 Å². The zero-order valence-corrected chi connectivity index (χ0v) is 30.1. The molecule has 0 saturated carbocycles. The fourth-order valence-corrected chi connectivity index (χ4v) is 9.20. The Hall–Kier alpha value is -7.22. The smallest absolute Gasteiger partial charge is 0.0320 e. The van der Waals surface area contributed by atoms with E-state index in [0.29, 0.717) is 0 Å². The molecule has 1 heteroatoms. The van der Waals surface area contributed by atoms with Crippen LogP contribution in [0.1, 0.15) is 0 Å². The Labute approximate surface area is 320 Å². The van der Waals surface area contributed by atoms with E-state index in [1.54, 1.807) is 0 Å². The predicted octanol–water partition coefficient (Wildman–Crippen LogP) is 14.7. The lowest BCUT2D eigenvalue weighted by Crippen LogP contribution is -1.93. The Bertz CT molecular complexity index is 3030. The second kappa shape index (κ2) is 12.4. The van der Waals surface area contributed by atoms with Crippen LogP contribution in [0.4, 0.5) is 5.69 Å². The highest BCUT2D eigenvalue weighted by molar-refractivity contribution is 6.28. The number of fused-ring (bicyclic) bond motifs is 5. The average molecular weight is 698 g/mol. The fraction of sp³-hybridized carbons (Fsp3) is 0. The first-order chi connectivity index (χ1) is 27.2. The van der Waals surface area contributed by atoms with Crippen molar-refractivity contribution in [2.24, 2.45) is 0 Å². The van der Waals surface area contributed by atoms with Crippen molar-refractivity contribution < 1.29 is 0 Å². The molecular formula is C54H35N. The van der Waals surface area contributed by atoms with Gasteiger partial charge in [-0.2, -0.15) is 0 Å². The van der Waals surface area contributed by atoms with E-state index in [-0.39, 0.29) is 0 Å². The van der Waals surface area contributed by atoms with E-state index >= 15 is 0 Å². The van der Waals surface area contributed by atoms with Crippen LogP contribution in [-0.2, 0) is 0 Å². The van der Waals surface area contributed by atoms with Gasteiger partial charge in [0, 0.05) is 5.69 Å². The predicted molar refractivity (Wildman–Crippen MR) is 235 cm³/mol. The van der Waals surface area contributed by atoms with E-state index in [4.69, 9.17) is 5.73 Å². The van der Waals surface area contributed by atoms with Crippen LogP contribution in [0, 0.1) is 0 Å². The summed E-state index contributed by atoms with van der Waals surface area (Å²) >= 11 is 0. The van der Waals surface area contributed by atoms with Gasteiger partial charge in [0.15, 0.2) is 0 Å². The molecule has 1 aliphatic carbocycles. The van der Waals surface area contributed by atoms with E-state index in [2.05, 4.69) is 188 Å². The van der Waals surface area contributed by atoms with Gasteiger partial charge in [0.05, 0.1) is 0 Å². The van der Waals surface area contributed by atoms with Crippen molar-refractivity contribution in [1.29, 1.82) is 0 Å². The van der Waals surface area contributed by atoms with Gasteiger partial charge in [-0.25, -0.2) is 0 Å². The molecular weight excluding hydrogens is 663 g/mol. The SMILES string of the molecule is Nc1cccc(-c2ccc(-c3ccc(-c4ccc5c6c(cccc46)-c4c-5c(-c5ccccc5)c5ccccc5c4-c4ccccc4)cc3)c3ccccc23)c1. The minimum atomic E-state index is 0.773. The maximum absolute atomic E-state index is 6.18. The number of hydrogen-bond donors (Lipinski definition) is 1. The molecule has 1 nitrogen and oxygen atoms in total. The van der Waals surface area contributed by atoms with Crippen LogP contribution in [0.2, 0.25) is 0 Å². The molecule has 11 rings (SSSR count). The summed E-state index contributed by atoms with van der Waals surface area (Å²) in [4.78, 5) is 0. The highest BCUT2D eigenvalue weighted by atomic mass is 14.5. The van der Waals surface area contributed by atoms with E-state index in [1.807, 2.05) is 12.1 Å². The summed E-state index contributed by atoms with van der Waals surface area (Å²) in [5, 5.41) is 7.61. The van der Waals surface area contributed by atoms with Crippen molar-refractivity contribution in [3.63, 3.8) is 0 Å². The van der Waals surface area contributed by atoms with Gasteiger partial charge in [-0.1, -0.05) is 188 Å². The van der Waals surface area contributed by atoms with Gasteiger partial charge in [-0.05, 0) is 122 Å². The first-order valence-electron chi connectivity index (χ1n) is 19.0. The number of hydrogen-bond acceptors (Lipinski definition) is 1. The molecule has 0 aliphatic heterocycles. The third-order valence-electron chi connectivity index (χ3n) is 11.5. The second-order valence-electron chi connectivity index (χ2n) is 14.6. The van der Waals surface area contributed by atoms with E-state index in [9.17, 15) is 0 Å². The zero-order chi connectivity index (χ0) is 36.5. The largest absolute Gasteiger partial charge is 0.399 e. The van der Waals surface area contributed by atoms with Crippen molar-refractivity contribution in [1.82, 2.24) is 0 Å². The number of benzene rings is 10. The molecule has 55 heavy (non-hydrogen) atoms. The highest BCUT2D eigenvalue weighted by Crippen LogP contribution is 2.58. The van der Waals surface area contributed by atoms with Gasteiger partial charge in [-0.15, -0.1) is 0 Å². The van der Waals surface area contributed by atoms with Crippen molar-refractivity contribution >= 4 is 38.0 Å². The molecule has 10 aromatic carbocycles. The van der Waals surface area contributed by atoms with Crippen LogP contribution in [0.15, 0.2) is 200 Å². The number of nitrogens with two attached hydrogens (primary N) is 1. The van der Waals surface area contributed by atoms with Crippen LogP contribution in [0.5, 0.6) is 0 Å². The van der Waals surface area contributed by atoms with Crippen LogP contribution >= 0.6 is 0 Å². The third kappa shape index (κ3) is 4.87. The number of nitrogen functional groups attached to an aromatic ring is 1. The monoisotopic (exact) mass is 697 g/mol. The lowest BCUT2D eigenvalue weighted by molar-refractivity contribution is 1.61. The minimum absolute atomic E-state index is 0.773. The summed E-state index contributed by atoms with van der Waals surface area (Å²) < 4.78 is 0. The molecule has 0 bridgehead atoms. The normalized spacial score (nSPS) is 11.7. The van der Waals surface area contributed by atoms with Gasteiger partial charge in [0.25, 0.3) is 0 Å². The first-order valence-corrected chi connectivity index (χ1v) is 19.0. The summed E-state index contributed by atoms with van der Waals surface area (Å²) in [7, 11) is 0. The maximum Gasteiger partial charge on any atom is 0.0320 e. The highest BCUT2D eigenvalue weighted by Gasteiger charge is 2.31. The molecule has 0 fully saturated rings. The summed E-state index contributed by atoms with van der Waals surface area (Å²) in [6, 6.07) is 72.9. The second-order valence-corrected chi connectivity index (χ2v) is 14.6. The number of rotatable bonds is 5. The topological polar surface area (TPSA) is 26.0 Å². The first kappa shape index (κ1) is 31.3. The lowest BCUT2D eigenvalue weighted by Gasteiger charge is -2.20. The Morgan fingerprint density at radius 2 is 0.636 bits per heavy atom. The van der Waals surface area contributed by atoms with E-state index in [1.165, 1.54) is 105 Å². The molecule has 0 spiro atoms. The maximum atomic E-state index is 6.18. The van der Waals surface area contributed by atoms with Gasteiger partial charge >= 0.3 is 0 Å². The standard InChI is InChI=1S/C54H35N/c55-39-18-11-17-38(33-39)42-30-29-40(43-19-7-8-20-44(42)43)34-25-27-35(28-26-34)41-31-32-49-52-45(41)23-12-24-48(52)53-50(36-13-3-1-4-14-36)46-21-9-10-22-47(46)51(54(49)53)37-15-5-2-6-16-37/h1-33H,55H2. The Kier molecular flexibility index (Phi) is 7.08. The molecule has 0 atom stereocenters. The molecule has 0 aromatic heterocycles. The molecule has 10 aromatic rings. The third-order valence-corrected chi connectivity index (χ3v) is 11.5. The lowest BCUT2D eigenvalue weighted by atomic mass is 9.82. The molecule has 0 unspecified atom stereocenters. The van der Waals surface area contributed by atoms with Gasteiger partial charge < -0.3 is 5.73 Å². The molecule has 256 valence electrons. The summed E-state index contributed by atoms with van der Waals surface area (Å²) in [6.45, 7) is 0. The summed E-state index contributed by atoms with van der Waals surface area (Å²) in [6.07, 6.45) is 0. The zero-order valence-electron chi connectivity index (χ0n) is 30.1. The molecule has 0 saturated heterocycles. The fourth-order valence-electron chi connectivity index (χ4n) is 9.20. The average Bonchev–Trinajstić information content (AvgIpc) is 3.58. The Morgan fingerprint density at radius 3 is 1.18 bits per heavy atom. The molecule has 1 aliphatic rings. The summed E-state index contributed by atoms with van der Waals surface area (Å²) in [5.41, 5.74) is 24.5. The van der Waals surface area contributed by atoms with Crippen LogP contribution in [0.3, 0.4) is 0 Å². The van der Waals surface area contributed by atoms with Crippen molar-refractivity contribution in [3.8, 4) is 77.9 Å². The van der Waals surface area contributed by atoms with E-state index < -0.39 is 0 Å². The number of anilines is 1. The van der Waals surface area contributed by atoms with Gasteiger partial charge in [0.2, 0.25) is 0 Å². The molecule has 0 amide bonds. The molecule has 2 N–H and O–H groups in total. The molecule has 0 radical (unpaired) electrons. The van der Waals surface area contributed by atoms with E-state index in [0.717, 1.165) is 11.3 Å². The Balaban J connectivity index is 1.09. The summed E-state index contributed by atoms with van der Waals surface area (Å²) in [5.74, 6) is 0. The van der Waals surface area contributed by atoms with Crippen molar-refractivity contribution in [2.75, 3.05) is 5.73 Å². The van der Waals surface area contributed by atoms with Crippen LogP contribution < -0.4 is 5.73 Å². The quantitative estimate of drug-likeness (QED) is 0.178.